The number of anilines is 1. The molecule has 1 aromatic carbocycles. The molecule has 1 aromatic heterocycles. The molecule has 0 bridgehead atoms. The largest absolute Gasteiger partial charge is 0.309 e. The Morgan fingerprint density at radius 1 is 1.07 bits per heavy atom. The number of allylic oxidation sites excluding steroid dienone is 2. The smallest absolute Gasteiger partial charge is 0.245 e. The molecule has 29 heavy (non-hydrogen) atoms. The number of likely N-dealkylation sites (tertiary alicyclic amines) is 1. The van der Waals surface area contributed by atoms with Crippen LogP contribution in [0.3, 0.4) is 0 Å². The van der Waals surface area contributed by atoms with E-state index in [0.717, 1.165) is 4.90 Å². The van der Waals surface area contributed by atoms with E-state index in [1.165, 1.54) is 6.20 Å². The zero-order valence-electron chi connectivity index (χ0n) is 15.3. The zero-order chi connectivity index (χ0) is 20.5. The van der Waals surface area contributed by atoms with Crippen LogP contribution in [0.2, 0.25) is 10.0 Å². The van der Waals surface area contributed by atoms with Crippen molar-refractivity contribution < 1.29 is 14.4 Å². The van der Waals surface area contributed by atoms with Gasteiger partial charge in [-0.25, -0.2) is 4.68 Å². The SMILES string of the molecule is O=C(CN1C(=O)C2CC=CCC2C1=O)Nc1ccnn1Cc1c(Cl)cccc1Cl. The number of rotatable bonds is 5. The second kappa shape index (κ2) is 8.00. The lowest BCUT2D eigenvalue weighted by Gasteiger charge is -2.15. The highest BCUT2D eigenvalue weighted by atomic mass is 35.5. The molecule has 1 fully saturated rings. The van der Waals surface area contributed by atoms with E-state index in [1.54, 1.807) is 28.9 Å². The first-order chi connectivity index (χ1) is 14.0. The van der Waals surface area contributed by atoms with E-state index in [2.05, 4.69) is 10.4 Å². The summed E-state index contributed by atoms with van der Waals surface area (Å²) in [6.45, 7) is -0.0544. The molecule has 2 aromatic rings. The van der Waals surface area contributed by atoms with E-state index in [-0.39, 0.29) is 36.7 Å². The Morgan fingerprint density at radius 2 is 1.69 bits per heavy atom. The third-order valence-corrected chi connectivity index (χ3v) is 5.96. The van der Waals surface area contributed by atoms with Crippen molar-refractivity contribution in [2.45, 2.75) is 19.4 Å². The van der Waals surface area contributed by atoms with Gasteiger partial charge in [-0.2, -0.15) is 5.10 Å². The van der Waals surface area contributed by atoms with Gasteiger partial charge in [-0.05, 0) is 25.0 Å². The molecule has 2 aliphatic rings. The first-order valence-electron chi connectivity index (χ1n) is 9.20. The fourth-order valence-electron chi connectivity index (χ4n) is 3.75. The van der Waals surface area contributed by atoms with Crippen molar-refractivity contribution in [1.82, 2.24) is 14.7 Å². The molecule has 0 spiro atoms. The van der Waals surface area contributed by atoms with Gasteiger partial charge in [0.15, 0.2) is 0 Å². The van der Waals surface area contributed by atoms with Gasteiger partial charge in [0.05, 0.1) is 24.6 Å². The summed E-state index contributed by atoms with van der Waals surface area (Å²) in [7, 11) is 0. The maximum absolute atomic E-state index is 12.5. The second-order valence-corrected chi connectivity index (χ2v) is 7.86. The van der Waals surface area contributed by atoms with Gasteiger partial charge in [-0.1, -0.05) is 41.4 Å². The molecule has 4 rings (SSSR count). The Balaban J connectivity index is 1.44. The van der Waals surface area contributed by atoms with Gasteiger partial charge in [0.2, 0.25) is 17.7 Å². The van der Waals surface area contributed by atoms with Crippen molar-refractivity contribution in [2.24, 2.45) is 11.8 Å². The van der Waals surface area contributed by atoms with E-state index in [9.17, 15) is 14.4 Å². The highest BCUT2D eigenvalue weighted by molar-refractivity contribution is 6.36. The van der Waals surface area contributed by atoms with Crippen molar-refractivity contribution >= 4 is 46.7 Å². The number of hydrogen-bond donors (Lipinski definition) is 1. The summed E-state index contributed by atoms with van der Waals surface area (Å²) in [6, 6.07) is 6.82. The number of aromatic nitrogens is 2. The molecule has 7 nitrogen and oxygen atoms in total. The topological polar surface area (TPSA) is 84.3 Å². The van der Waals surface area contributed by atoms with Gasteiger partial charge < -0.3 is 5.32 Å². The maximum atomic E-state index is 12.5. The number of benzene rings is 1. The molecule has 2 heterocycles. The number of amides is 3. The predicted octanol–water partition coefficient (Wildman–Crippen LogP) is 3.13. The fourth-order valence-corrected chi connectivity index (χ4v) is 4.27. The molecular formula is C20H18Cl2N4O3. The van der Waals surface area contributed by atoms with Crippen LogP contribution in [0, 0.1) is 11.8 Å². The Kier molecular flexibility index (Phi) is 5.43. The maximum Gasteiger partial charge on any atom is 0.245 e. The van der Waals surface area contributed by atoms with Gasteiger partial charge in [0.1, 0.15) is 12.4 Å². The van der Waals surface area contributed by atoms with Crippen LogP contribution >= 0.6 is 23.2 Å². The van der Waals surface area contributed by atoms with Crippen LogP contribution in [0.5, 0.6) is 0 Å². The lowest BCUT2D eigenvalue weighted by Crippen LogP contribution is -2.38. The molecule has 1 aliphatic heterocycles. The minimum Gasteiger partial charge on any atom is -0.309 e. The first kappa shape index (κ1) is 19.7. The number of hydrogen-bond acceptors (Lipinski definition) is 4. The summed E-state index contributed by atoms with van der Waals surface area (Å²) in [5.41, 5.74) is 0.677. The summed E-state index contributed by atoms with van der Waals surface area (Å²) >= 11 is 12.4. The van der Waals surface area contributed by atoms with E-state index in [0.29, 0.717) is 34.3 Å². The number of nitrogens with one attached hydrogen (secondary N) is 1. The van der Waals surface area contributed by atoms with E-state index >= 15 is 0 Å². The summed E-state index contributed by atoms with van der Waals surface area (Å²) in [4.78, 5) is 38.6. The third kappa shape index (κ3) is 3.80. The number of carbonyl (C=O) groups is 3. The number of nitrogens with zero attached hydrogens (tertiary/aromatic N) is 3. The number of imide groups is 1. The quantitative estimate of drug-likeness (QED) is 0.580. The standard InChI is InChI=1S/C20H18Cl2N4O3/c21-15-6-3-7-16(22)14(15)10-26-17(8-9-23-26)24-18(27)11-25-19(28)12-4-1-2-5-13(12)20(25)29/h1-3,6-9,12-13H,4-5,10-11H2,(H,24,27). The van der Waals surface area contributed by atoms with E-state index < -0.39 is 5.91 Å². The Hall–Kier alpha value is -2.64. The van der Waals surface area contributed by atoms with Crippen molar-refractivity contribution in [3.8, 4) is 0 Å². The van der Waals surface area contributed by atoms with Crippen molar-refractivity contribution in [3.63, 3.8) is 0 Å². The summed E-state index contributed by atoms with van der Waals surface area (Å²) in [5, 5.41) is 7.90. The lowest BCUT2D eigenvalue weighted by molar-refractivity contribution is -0.142. The molecule has 0 radical (unpaired) electrons. The molecule has 3 amide bonds. The highest BCUT2D eigenvalue weighted by Crippen LogP contribution is 2.35. The van der Waals surface area contributed by atoms with Gasteiger partial charge in [0.25, 0.3) is 0 Å². The average Bonchev–Trinajstić information content (AvgIpc) is 3.23. The van der Waals surface area contributed by atoms with Crippen LogP contribution in [-0.4, -0.2) is 38.9 Å². The Bertz CT molecular complexity index is 971. The van der Waals surface area contributed by atoms with Crippen molar-refractivity contribution in [2.75, 3.05) is 11.9 Å². The molecule has 1 aliphatic carbocycles. The van der Waals surface area contributed by atoms with Crippen LogP contribution in [0.25, 0.3) is 0 Å². The Labute approximate surface area is 177 Å². The van der Waals surface area contributed by atoms with Crippen LogP contribution in [0.15, 0.2) is 42.6 Å². The first-order valence-corrected chi connectivity index (χ1v) is 9.96. The lowest BCUT2D eigenvalue weighted by atomic mass is 9.85. The molecule has 0 saturated carbocycles. The minimum absolute atomic E-state index is 0.262. The van der Waals surface area contributed by atoms with Crippen molar-refractivity contribution in [3.05, 3.63) is 58.2 Å². The zero-order valence-corrected chi connectivity index (χ0v) is 16.9. The Morgan fingerprint density at radius 3 is 2.31 bits per heavy atom. The average molecular weight is 433 g/mol. The monoisotopic (exact) mass is 432 g/mol. The minimum atomic E-state index is -0.467. The summed E-state index contributed by atoms with van der Waals surface area (Å²) in [6.07, 6.45) is 6.44. The number of halogens is 2. The van der Waals surface area contributed by atoms with Gasteiger partial charge in [-0.3, -0.25) is 19.3 Å². The van der Waals surface area contributed by atoms with Crippen LogP contribution in [0.1, 0.15) is 18.4 Å². The van der Waals surface area contributed by atoms with Crippen molar-refractivity contribution in [1.29, 1.82) is 0 Å². The number of fused-ring (bicyclic) bond motifs is 1. The molecular weight excluding hydrogens is 415 g/mol. The normalized spacial score (nSPS) is 20.8. The van der Waals surface area contributed by atoms with Crippen LogP contribution < -0.4 is 5.32 Å². The highest BCUT2D eigenvalue weighted by Gasteiger charge is 2.47. The van der Waals surface area contributed by atoms with Gasteiger partial charge in [0, 0.05) is 21.7 Å². The molecule has 9 heteroatoms. The van der Waals surface area contributed by atoms with E-state index in [4.69, 9.17) is 23.2 Å². The third-order valence-electron chi connectivity index (χ3n) is 5.25. The number of carbonyl (C=O) groups excluding carboxylic acids is 3. The molecule has 150 valence electrons. The fraction of sp³-hybridized carbons (Fsp3) is 0.300. The van der Waals surface area contributed by atoms with E-state index in [1.807, 2.05) is 12.2 Å². The molecule has 2 atom stereocenters. The van der Waals surface area contributed by atoms with Gasteiger partial charge >= 0.3 is 0 Å². The predicted molar refractivity (Wildman–Crippen MR) is 108 cm³/mol. The second-order valence-electron chi connectivity index (χ2n) is 7.04. The molecule has 1 saturated heterocycles. The molecule has 2 unspecified atom stereocenters. The summed E-state index contributed by atoms with van der Waals surface area (Å²) < 4.78 is 1.54. The summed E-state index contributed by atoms with van der Waals surface area (Å²) in [5.74, 6) is -1.32. The van der Waals surface area contributed by atoms with Gasteiger partial charge in [-0.15, -0.1) is 0 Å². The van der Waals surface area contributed by atoms with Crippen LogP contribution in [-0.2, 0) is 20.9 Å². The van der Waals surface area contributed by atoms with Crippen LogP contribution in [0.4, 0.5) is 5.82 Å². The molecule has 1 N–H and O–H groups in total.